The lowest BCUT2D eigenvalue weighted by Crippen LogP contribution is -2.48. The molecule has 1 nitrogen and oxygen atoms in total. The second kappa shape index (κ2) is 5.76. The molecule has 0 amide bonds. The van der Waals surface area contributed by atoms with E-state index in [2.05, 4.69) is 46.9 Å². The highest BCUT2D eigenvalue weighted by molar-refractivity contribution is 4.95. The molecule has 2 aliphatic rings. The van der Waals surface area contributed by atoms with Crippen LogP contribution in [0.3, 0.4) is 0 Å². The van der Waals surface area contributed by atoms with Gasteiger partial charge in [0.15, 0.2) is 0 Å². The van der Waals surface area contributed by atoms with E-state index in [4.69, 9.17) is 0 Å². The molecule has 0 aromatic carbocycles. The lowest BCUT2D eigenvalue weighted by atomic mass is 9.73. The molecular formula is C18H35N. The van der Waals surface area contributed by atoms with Crippen LogP contribution in [-0.4, -0.2) is 12.1 Å². The fourth-order valence-electron chi connectivity index (χ4n) is 4.79. The molecule has 1 N–H and O–H groups in total. The van der Waals surface area contributed by atoms with Gasteiger partial charge in [0.25, 0.3) is 0 Å². The lowest BCUT2D eigenvalue weighted by Gasteiger charge is -2.40. The maximum absolute atomic E-state index is 4.09. The zero-order chi connectivity index (χ0) is 14.2. The van der Waals surface area contributed by atoms with E-state index in [1.165, 1.54) is 32.1 Å². The van der Waals surface area contributed by atoms with Gasteiger partial charge in [-0.2, -0.15) is 0 Å². The summed E-state index contributed by atoms with van der Waals surface area (Å²) < 4.78 is 0. The van der Waals surface area contributed by atoms with Gasteiger partial charge < -0.3 is 5.32 Å². The molecule has 0 aliphatic heterocycles. The van der Waals surface area contributed by atoms with Crippen LogP contribution in [0.15, 0.2) is 0 Å². The smallest absolute Gasteiger partial charge is 0.0103 e. The summed E-state index contributed by atoms with van der Waals surface area (Å²) in [6.45, 7) is 14.6. The quantitative estimate of drug-likeness (QED) is 0.768. The minimum absolute atomic E-state index is 0.546. The SMILES string of the molecule is CC1CCC(C(C)C)C(NC2CC(C)(C)CC2C)C1. The third-order valence-corrected chi connectivity index (χ3v) is 5.78. The molecule has 0 saturated heterocycles. The van der Waals surface area contributed by atoms with E-state index in [9.17, 15) is 0 Å². The van der Waals surface area contributed by atoms with Gasteiger partial charge in [-0.05, 0) is 54.8 Å². The first-order valence-electron chi connectivity index (χ1n) is 8.54. The summed E-state index contributed by atoms with van der Waals surface area (Å²) in [5.41, 5.74) is 0.546. The van der Waals surface area contributed by atoms with Crippen molar-refractivity contribution in [2.24, 2.45) is 29.1 Å². The molecular weight excluding hydrogens is 230 g/mol. The van der Waals surface area contributed by atoms with E-state index in [-0.39, 0.29) is 0 Å². The van der Waals surface area contributed by atoms with Crippen LogP contribution in [0.1, 0.15) is 73.6 Å². The maximum atomic E-state index is 4.09. The molecule has 2 aliphatic carbocycles. The van der Waals surface area contributed by atoms with Crippen molar-refractivity contribution in [3.63, 3.8) is 0 Å². The zero-order valence-corrected chi connectivity index (χ0v) is 14.0. The van der Waals surface area contributed by atoms with Crippen LogP contribution in [0.4, 0.5) is 0 Å². The Labute approximate surface area is 120 Å². The molecule has 19 heavy (non-hydrogen) atoms. The first-order chi connectivity index (χ1) is 8.78. The predicted octanol–water partition coefficient (Wildman–Crippen LogP) is 4.86. The first kappa shape index (κ1) is 15.4. The summed E-state index contributed by atoms with van der Waals surface area (Å²) >= 11 is 0. The van der Waals surface area contributed by atoms with Gasteiger partial charge in [-0.15, -0.1) is 0 Å². The fourth-order valence-corrected chi connectivity index (χ4v) is 4.79. The largest absolute Gasteiger partial charge is 0.311 e. The second-order valence-corrected chi connectivity index (χ2v) is 8.76. The lowest BCUT2D eigenvalue weighted by molar-refractivity contribution is 0.152. The van der Waals surface area contributed by atoms with Gasteiger partial charge in [-0.25, -0.2) is 0 Å². The van der Waals surface area contributed by atoms with Crippen LogP contribution in [0.5, 0.6) is 0 Å². The van der Waals surface area contributed by atoms with Gasteiger partial charge in [-0.1, -0.05) is 48.0 Å². The molecule has 5 atom stereocenters. The fraction of sp³-hybridized carbons (Fsp3) is 1.00. The Morgan fingerprint density at radius 2 is 1.68 bits per heavy atom. The number of rotatable bonds is 3. The Hall–Kier alpha value is -0.0400. The predicted molar refractivity (Wildman–Crippen MR) is 84.2 cm³/mol. The average molecular weight is 265 g/mol. The van der Waals surface area contributed by atoms with Crippen LogP contribution >= 0.6 is 0 Å². The highest BCUT2D eigenvalue weighted by atomic mass is 15.0. The summed E-state index contributed by atoms with van der Waals surface area (Å²) in [7, 11) is 0. The van der Waals surface area contributed by atoms with Gasteiger partial charge >= 0.3 is 0 Å². The molecule has 2 rings (SSSR count). The van der Waals surface area contributed by atoms with Gasteiger partial charge in [0, 0.05) is 12.1 Å². The summed E-state index contributed by atoms with van der Waals surface area (Å²) in [5, 5.41) is 4.09. The van der Waals surface area contributed by atoms with E-state index < -0.39 is 0 Å². The second-order valence-electron chi connectivity index (χ2n) is 8.76. The summed E-state index contributed by atoms with van der Waals surface area (Å²) in [6.07, 6.45) is 7.02. The van der Waals surface area contributed by atoms with Crippen molar-refractivity contribution in [3.8, 4) is 0 Å². The van der Waals surface area contributed by atoms with Crippen LogP contribution in [0.25, 0.3) is 0 Å². The standard InChI is InChI=1S/C18H35N/c1-12(2)15-8-7-13(3)9-16(15)19-17-11-18(5,6)10-14(17)4/h12-17,19H,7-11H2,1-6H3. The van der Waals surface area contributed by atoms with E-state index >= 15 is 0 Å². The van der Waals surface area contributed by atoms with Gasteiger partial charge in [0.05, 0.1) is 0 Å². The Bertz CT molecular complexity index is 294. The number of hydrogen-bond acceptors (Lipinski definition) is 1. The Morgan fingerprint density at radius 1 is 1.00 bits per heavy atom. The number of nitrogens with one attached hydrogen (secondary N) is 1. The Balaban J connectivity index is 1.99. The van der Waals surface area contributed by atoms with Gasteiger partial charge in [0.2, 0.25) is 0 Å². The molecule has 0 heterocycles. The molecule has 0 aromatic rings. The van der Waals surface area contributed by atoms with Crippen LogP contribution < -0.4 is 5.32 Å². The van der Waals surface area contributed by atoms with Gasteiger partial charge in [0.1, 0.15) is 0 Å². The minimum atomic E-state index is 0.546. The molecule has 0 bridgehead atoms. The first-order valence-corrected chi connectivity index (χ1v) is 8.54. The molecule has 0 spiro atoms. The van der Waals surface area contributed by atoms with Crippen LogP contribution in [0, 0.1) is 29.1 Å². The minimum Gasteiger partial charge on any atom is -0.311 e. The van der Waals surface area contributed by atoms with E-state index in [1.807, 2.05) is 0 Å². The van der Waals surface area contributed by atoms with E-state index in [0.717, 1.165) is 35.8 Å². The third-order valence-electron chi connectivity index (χ3n) is 5.78. The summed E-state index contributed by atoms with van der Waals surface area (Å²) in [5.74, 6) is 3.49. The van der Waals surface area contributed by atoms with Crippen LogP contribution in [0.2, 0.25) is 0 Å². The Morgan fingerprint density at radius 3 is 2.21 bits per heavy atom. The third kappa shape index (κ3) is 3.74. The highest BCUT2D eigenvalue weighted by Gasteiger charge is 2.39. The van der Waals surface area contributed by atoms with Crippen molar-refractivity contribution in [3.05, 3.63) is 0 Å². The monoisotopic (exact) mass is 265 g/mol. The molecule has 112 valence electrons. The maximum Gasteiger partial charge on any atom is 0.0103 e. The molecule has 2 fully saturated rings. The van der Waals surface area contributed by atoms with Crippen molar-refractivity contribution in [2.75, 3.05) is 0 Å². The summed E-state index contributed by atoms with van der Waals surface area (Å²) in [6, 6.07) is 1.52. The summed E-state index contributed by atoms with van der Waals surface area (Å²) in [4.78, 5) is 0. The van der Waals surface area contributed by atoms with Crippen LogP contribution in [-0.2, 0) is 0 Å². The zero-order valence-electron chi connectivity index (χ0n) is 14.0. The molecule has 2 saturated carbocycles. The van der Waals surface area contributed by atoms with E-state index in [0.29, 0.717) is 5.41 Å². The topological polar surface area (TPSA) is 12.0 Å². The van der Waals surface area contributed by atoms with Crippen molar-refractivity contribution >= 4 is 0 Å². The highest BCUT2D eigenvalue weighted by Crippen LogP contribution is 2.42. The number of hydrogen-bond donors (Lipinski definition) is 1. The van der Waals surface area contributed by atoms with Crippen molar-refractivity contribution in [1.82, 2.24) is 5.32 Å². The molecule has 5 unspecified atom stereocenters. The van der Waals surface area contributed by atoms with Crippen molar-refractivity contribution in [2.45, 2.75) is 85.7 Å². The van der Waals surface area contributed by atoms with Gasteiger partial charge in [-0.3, -0.25) is 0 Å². The molecule has 1 heteroatoms. The molecule has 0 radical (unpaired) electrons. The Kier molecular flexibility index (Phi) is 4.65. The molecule has 0 aromatic heterocycles. The van der Waals surface area contributed by atoms with Crippen molar-refractivity contribution in [1.29, 1.82) is 0 Å². The average Bonchev–Trinajstić information content (AvgIpc) is 2.51. The normalized spacial score (nSPS) is 42.8. The van der Waals surface area contributed by atoms with E-state index in [1.54, 1.807) is 0 Å². The van der Waals surface area contributed by atoms with Crippen molar-refractivity contribution < 1.29 is 0 Å².